The minimum atomic E-state index is -0.930. The largest absolute Gasteiger partial charge is 0.454 e. The fourth-order valence-corrected chi connectivity index (χ4v) is 3.08. The number of fused-ring (bicyclic) bond motifs is 1. The number of ether oxygens (including phenoxy) is 2. The van der Waals surface area contributed by atoms with Crippen LogP contribution in [0.25, 0.3) is 11.4 Å². The minimum Gasteiger partial charge on any atom is -0.454 e. The maximum atomic E-state index is 12.8. The Morgan fingerprint density at radius 1 is 1.13 bits per heavy atom. The summed E-state index contributed by atoms with van der Waals surface area (Å²) in [4.78, 5) is 41.2. The normalized spacial score (nSPS) is 11.9. The maximum Gasteiger partial charge on any atom is 0.267 e. The lowest BCUT2D eigenvalue weighted by atomic mass is 10.2. The first-order chi connectivity index (χ1) is 14.4. The van der Waals surface area contributed by atoms with Crippen molar-refractivity contribution in [3.8, 4) is 22.9 Å². The molecule has 2 heterocycles. The number of primary amides is 1. The van der Waals surface area contributed by atoms with Gasteiger partial charge in [-0.2, -0.15) is 0 Å². The average molecular weight is 427 g/mol. The van der Waals surface area contributed by atoms with Gasteiger partial charge in [0, 0.05) is 28.5 Å². The topological polar surface area (TPSA) is 126 Å². The fraction of sp³-hybridized carbons (Fsp3) is 0.100. The molecule has 0 atom stereocenters. The molecule has 0 aliphatic carbocycles. The van der Waals surface area contributed by atoms with E-state index in [0.29, 0.717) is 27.8 Å². The molecule has 2 aromatic carbocycles. The van der Waals surface area contributed by atoms with Crippen molar-refractivity contribution in [3.05, 3.63) is 69.6 Å². The van der Waals surface area contributed by atoms with Crippen molar-refractivity contribution in [2.24, 2.45) is 5.73 Å². The Balaban J connectivity index is 1.66. The molecule has 1 aliphatic heterocycles. The van der Waals surface area contributed by atoms with Crippen LogP contribution >= 0.6 is 11.6 Å². The Morgan fingerprint density at radius 2 is 1.87 bits per heavy atom. The van der Waals surface area contributed by atoms with E-state index in [2.05, 4.69) is 10.3 Å². The second kappa shape index (κ2) is 7.88. The summed E-state index contributed by atoms with van der Waals surface area (Å²) in [6, 6.07) is 11.5. The molecule has 1 aliphatic rings. The van der Waals surface area contributed by atoms with Crippen LogP contribution in [-0.2, 0) is 11.3 Å². The number of carbonyl (C=O) groups is 2. The fourth-order valence-electron chi connectivity index (χ4n) is 2.96. The quantitative estimate of drug-likeness (QED) is 0.643. The summed E-state index contributed by atoms with van der Waals surface area (Å²) >= 11 is 5.92. The van der Waals surface area contributed by atoms with Crippen molar-refractivity contribution in [2.75, 3.05) is 12.1 Å². The number of benzene rings is 2. The van der Waals surface area contributed by atoms with Gasteiger partial charge in [-0.1, -0.05) is 11.6 Å². The molecule has 3 N–H and O–H groups in total. The minimum absolute atomic E-state index is 0.109. The number of amides is 2. The number of rotatable bonds is 5. The highest BCUT2D eigenvalue weighted by Crippen LogP contribution is 2.34. The lowest BCUT2D eigenvalue weighted by Crippen LogP contribution is -2.34. The Kier molecular flexibility index (Phi) is 5.11. The second-order valence-electron chi connectivity index (χ2n) is 6.37. The molecule has 3 aromatic rings. The molecule has 0 radical (unpaired) electrons. The van der Waals surface area contributed by atoms with Gasteiger partial charge in [-0.15, -0.1) is 0 Å². The standard InChI is InChI=1S/C20H15ClN4O5/c21-12-3-1-11(2-4-12)19-23-8-14(18(22)27)20(28)25(19)9-17(26)24-13-5-6-15-16(7-13)30-10-29-15/h1-8H,9-10H2,(H2,22,27)(H,24,26). The molecule has 152 valence electrons. The molecule has 0 saturated heterocycles. The van der Waals surface area contributed by atoms with Gasteiger partial charge in [0.25, 0.3) is 11.5 Å². The molecule has 0 unspecified atom stereocenters. The van der Waals surface area contributed by atoms with Gasteiger partial charge in [0.05, 0.1) is 0 Å². The molecule has 2 amide bonds. The van der Waals surface area contributed by atoms with E-state index in [1.807, 2.05) is 0 Å². The molecular weight excluding hydrogens is 412 g/mol. The van der Waals surface area contributed by atoms with E-state index in [9.17, 15) is 14.4 Å². The lowest BCUT2D eigenvalue weighted by Gasteiger charge is -2.13. The van der Waals surface area contributed by atoms with Crippen molar-refractivity contribution in [1.29, 1.82) is 0 Å². The number of nitrogens with zero attached hydrogens (tertiary/aromatic N) is 2. The van der Waals surface area contributed by atoms with E-state index < -0.39 is 17.4 Å². The number of anilines is 1. The van der Waals surface area contributed by atoms with Gasteiger partial charge >= 0.3 is 0 Å². The molecule has 9 nitrogen and oxygen atoms in total. The van der Waals surface area contributed by atoms with E-state index in [4.69, 9.17) is 26.8 Å². The summed E-state index contributed by atoms with van der Waals surface area (Å²) in [5, 5.41) is 3.19. The zero-order chi connectivity index (χ0) is 21.3. The number of halogens is 1. The first-order valence-corrected chi connectivity index (χ1v) is 9.15. The monoisotopic (exact) mass is 426 g/mol. The number of nitrogens with one attached hydrogen (secondary N) is 1. The van der Waals surface area contributed by atoms with Gasteiger partial charge in [-0.05, 0) is 36.4 Å². The number of hydrogen-bond acceptors (Lipinski definition) is 6. The van der Waals surface area contributed by atoms with E-state index in [-0.39, 0.29) is 24.7 Å². The highest BCUT2D eigenvalue weighted by atomic mass is 35.5. The summed E-state index contributed by atoms with van der Waals surface area (Å²) in [6.07, 6.45) is 1.10. The van der Waals surface area contributed by atoms with Crippen LogP contribution in [0.1, 0.15) is 10.4 Å². The summed E-state index contributed by atoms with van der Waals surface area (Å²) in [6.45, 7) is -0.280. The van der Waals surface area contributed by atoms with Gasteiger partial charge < -0.3 is 20.5 Å². The van der Waals surface area contributed by atoms with Crippen LogP contribution < -0.4 is 26.1 Å². The first-order valence-electron chi connectivity index (χ1n) is 8.77. The SMILES string of the molecule is NC(=O)c1cnc(-c2ccc(Cl)cc2)n(CC(=O)Nc2ccc3c(c2)OCO3)c1=O. The summed E-state index contributed by atoms with van der Waals surface area (Å²) in [5.74, 6) is -0.158. The molecule has 0 spiro atoms. The van der Waals surface area contributed by atoms with Crippen LogP contribution in [0.3, 0.4) is 0 Å². The summed E-state index contributed by atoms with van der Waals surface area (Å²) in [5.41, 5.74) is 5.23. The van der Waals surface area contributed by atoms with Crippen molar-refractivity contribution < 1.29 is 19.1 Å². The molecule has 0 saturated carbocycles. The van der Waals surface area contributed by atoms with Crippen molar-refractivity contribution in [3.63, 3.8) is 0 Å². The zero-order valence-electron chi connectivity index (χ0n) is 15.4. The summed E-state index contributed by atoms with van der Waals surface area (Å²) in [7, 11) is 0. The van der Waals surface area contributed by atoms with E-state index in [0.717, 1.165) is 10.8 Å². The Morgan fingerprint density at radius 3 is 2.60 bits per heavy atom. The van der Waals surface area contributed by atoms with Crippen molar-refractivity contribution in [2.45, 2.75) is 6.54 Å². The second-order valence-corrected chi connectivity index (χ2v) is 6.81. The molecule has 30 heavy (non-hydrogen) atoms. The van der Waals surface area contributed by atoms with E-state index in [1.54, 1.807) is 42.5 Å². The third-order valence-corrected chi connectivity index (χ3v) is 4.63. The van der Waals surface area contributed by atoms with Gasteiger partial charge in [-0.3, -0.25) is 19.0 Å². The van der Waals surface area contributed by atoms with Gasteiger partial charge in [0.15, 0.2) is 11.5 Å². The molecule has 0 bridgehead atoms. The molecule has 4 rings (SSSR count). The van der Waals surface area contributed by atoms with Crippen LogP contribution in [0.2, 0.25) is 5.02 Å². The number of hydrogen-bond donors (Lipinski definition) is 2. The molecule has 1 aromatic heterocycles. The number of aromatic nitrogens is 2. The number of nitrogens with two attached hydrogens (primary N) is 1. The van der Waals surface area contributed by atoms with Crippen LogP contribution in [0.4, 0.5) is 5.69 Å². The molecule has 10 heteroatoms. The maximum absolute atomic E-state index is 12.8. The van der Waals surface area contributed by atoms with E-state index >= 15 is 0 Å². The summed E-state index contributed by atoms with van der Waals surface area (Å²) < 4.78 is 11.6. The predicted octanol–water partition coefficient (Wildman–Crippen LogP) is 2.03. The third kappa shape index (κ3) is 3.83. The molecular formula is C20H15ClN4O5. The van der Waals surface area contributed by atoms with Gasteiger partial charge in [0.2, 0.25) is 12.7 Å². The number of carbonyl (C=O) groups excluding carboxylic acids is 2. The Bertz CT molecular complexity index is 1210. The van der Waals surface area contributed by atoms with E-state index in [1.165, 1.54) is 0 Å². The average Bonchev–Trinajstić information content (AvgIpc) is 3.18. The van der Waals surface area contributed by atoms with Gasteiger partial charge in [-0.25, -0.2) is 4.98 Å². The van der Waals surface area contributed by atoms with Crippen molar-refractivity contribution >= 4 is 29.1 Å². The van der Waals surface area contributed by atoms with Gasteiger partial charge in [0.1, 0.15) is 17.9 Å². The van der Waals surface area contributed by atoms with Crippen LogP contribution in [0, 0.1) is 0 Å². The highest BCUT2D eigenvalue weighted by Gasteiger charge is 2.19. The van der Waals surface area contributed by atoms with Crippen LogP contribution in [-0.4, -0.2) is 28.2 Å². The Hall–Kier alpha value is -3.85. The highest BCUT2D eigenvalue weighted by molar-refractivity contribution is 6.30. The smallest absolute Gasteiger partial charge is 0.267 e. The van der Waals surface area contributed by atoms with Crippen molar-refractivity contribution in [1.82, 2.24) is 9.55 Å². The Labute approximate surface area is 175 Å². The van der Waals surface area contributed by atoms with Crippen LogP contribution in [0.15, 0.2) is 53.5 Å². The van der Waals surface area contributed by atoms with Crippen LogP contribution in [0.5, 0.6) is 11.5 Å². The zero-order valence-corrected chi connectivity index (χ0v) is 16.2. The molecule has 0 fully saturated rings. The first kappa shape index (κ1) is 19.5. The lowest BCUT2D eigenvalue weighted by molar-refractivity contribution is -0.116. The third-order valence-electron chi connectivity index (χ3n) is 4.37. The predicted molar refractivity (Wildman–Crippen MR) is 109 cm³/mol.